The molecular weight excluding hydrogens is 464 g/mol. The van der Waals surface area contributed by atoms with Gasteiger partial charge < -0.3 is 14.4 Å². The van der Waals surface area contributed by atoms with Crippen LogP contribution in [0.3, 0.4) is 0 Å². The van der Waals surface area contributed by atoms with E-state index in [4.69, 9.17) is 9.47 Å². The molecule has 1 aliphatic carbocycles. The number of fused-ring (bicyclic) bond motifs is 1. The van der Waals surface area contributed by atoms with Gasteiger partial charge in [0.15, 0.2) is 6.61 Å². The number of ether oxygens (including phenoxy) is 2. The minimum absolute atomic E-state index is 0.0518. The molecule has 0 saturated heterocycles. The van der Waals surface area contributed by atoms with Crippen LogP contribution in [0, 0.1) is 0 Å². The van der Waals surface area contributed by atoms with Crippen molar-refractivity contribution in [3.8, 4) is 5.75 Å². The van der Waals surface area contributed by atoms with Crippen LogP contribution in [0.25, 0.3) is 0 Å². The Morgan fingerprint density at radius 3 is 2.59 bits per heavy atom. The lowest BCUT2D eigenvalue weighted by Gasteiger charge is -2.41. The van der Waals surface area contributed by atoms with Crippen LogP contribution in [0.2, 0.25) is 0 Å². The molecule has 0 amide bonds. The van der Waals surface area contributed by atoms with Gasteiger partial charge in [0.25, 0.3) is 0 Å². The summed E-state index contributed by atoms with van der Waals surface area (Å²) in [5, 5.41) is 0. The van der Waals surface area contributed by atoms with Crippen LogP contribution in [0.5, 0.6) is 5.75 Å². The smallest absolute Gasteiger partial charge is 0.344 e. The van der Waals surface area contributed by atoms with E-state index in [1.165, 1.54) is 31.4 Å². The second kappa shape index (κ2) is 13.5. The number of hydrogen-bond donors (Lipinski definition) is 1. The number of allylic oxidation sites excluding steroid dienone is 2. The first kappa shape index (κ1) is 27.0. The Morgan fingerprint density at radius 2 is 1.97 bits per heavy atom. The zero-order valence-corrected chi connectivity index (χ0v) is 22.7. The van der Waals surface area contributed by atoms with E-state index < -0.39 is 0 Å². The molecule has 5 nitrogen and oxygen atoms in total. The molecule has 0 bridgehead atoms. The standard InChI is InChI=1S/C27H40N2O3S2/c1-5-8-15-27(16-9-6-2)20-29(21-13-11-10-12-14-21)22-17-25(33-4)23(18-24(22)34-28-27)32-19-26(30)31-7-3/h10-13,17-18,21,28H,5-9,14-16,19-20H2,1-4H3. The van der Waals surface area contributed by atoms with E-state index in [1.807, 2.05) is 6.92 Å². The first-order valence-corrected chi connectivity index (χ1v) is 14.6. The van der Waals surface area contributed by atoms with Crippen LogP contribution >= 0.6 is 23.7 Å². The van der Waals surface area contributed by atoms with Gasteiger partial charge in [-0.2, -0.15) is 0 Å². The zero-order valence-electron chi connectivity index (χ0n) is 21.1. The highest BCUT2D eigenvalue weighted by molar-refractivity contribution is 7.98. The fourth-order valence-electron chi connectivity index (χ4n) is 4.57. The van der Waals surface area contributed by atoms with Gasteiger partial charge in [0.05, 0.1) is 23.2 Å². The van der Waals surface area contributed by atoms with Crippen LogP contribution in [0.4, 0.5) is 5.69 Å². The van der Waals surface area contributed by atoms with Crippen molar-refractivity contribution < 1.29 is 14.3 Å². The van der Waals surface area contributed by atoms with E-state index in [-0.39, 0.29) is 18.1 Å². The molecule has 0 radical (unpaired) electrons. The lowest BCUT2D eigenvalue weighted by atomic mass is 9.86. The summed E-state index contributed by atoms with van der Waals surface area (Å²) in [6, 6.07) is 4.67. The molecule has 1 unspecified atom stereocenters. The van der Waals surface area contributed by atoms with Gasteiger partial charge in [-0.3, -0.25) is 4.72 Å². The third kappa shape index (κ3) is 6.98. The maximum Gasteiger partial charge on any atom is 0.344 e. The van der Waals surface area contributed by atoms with Gasteiger partial charge in [0, 0.05) is 17.0 Å². The number of anilines is 1. The van der Waals surface area contributed by atoms with Gasteiger partial charge in [-0.15, -0.1) is 11.8 Å². The third-order valence-corrected chi connectivity index (χ3v) is 8.27. The predicted octanol–water partition coefficient (Wildman–Crippen LogP) is 6.77. The molecule has 2 aliphatic rings. The van der Waals surface area contributed by atoms with Crippen molar-refractivity contribution in [1.82, 2.24) is 4.72 Å². The van der Waals surface area contributed by atoms with Gasteiger partial charge in [-0.1, -0.05) is 63.8 Å². The molecule has 1 atom stereocenters. The Labute approximate surface area is 214 Å². The highest BCUT2D eigenvalue weighted by Gasteiger charge is 2.37. The molecule has 0 fully saturated rings. The van der Waals surface area contributed by atoms with E-state index in [0.717, 1.165) is 41.3 Å². The summed E-state index contributed by atoms with van der Waals surface area (Å²) in [7, 11) is 0. The number of carbonyl (C=O) groups is 1. The summed E-state index contributed by atoms with van der Waals surface area (Å²) in [5.41, 5.74) is 1.29. The maximum atomic E-state index is 11.9. The molecule has 1 aliphatic heterocycles. The molecule has 7 heteroatoms. The molecule has 1 N–H and O–H groups in total. The molecule has 1 heterocycles. The molecule has 0 saturated carbocycles. The first-order valence-electron chi connectivity index (χ1n) is 12.6. The van der Waals surface area contributed by atoms with E-state index in [0.29, 0.717) is 12.6 Å². The molecule has 34 heavy (non-hydrogen) atoms. The fourth-order valence-corrected chi connectivity index (χ4v) is 6.16. The number of rotatable bonds is 12. The van der Waals surface area contributed by atoms with Crippen LogP contribution < -0.4 is 14.4 Å². The summed E-state index contributed by atoms with van der Waals surface area (Å²) in [5.74, 6) is 0.399. The number of unbranched alkanes of at least 4 members (excludes halogenated alkanes) is 2. The number of nitrogens with one attached hydrogen (secondary N) is 1. The minimum Gasteiger partial charge on any atom is -0.481 e. The van der Waals surface area contributed by atoms with E-state index in [1.54, 1.807) is 23.7 Å². The molecule has 1 aromatic carbocycles. The van der Waals surface area contributed by atoms with Gasteiger partial charge in [0.2, 0.25) is 0 Å². The number of nitrogens with zero attached hydrogens (tertiary/aromatic N) is 1. The van der Waals surface area contributed by atoms with Gasteiger partial charge in [-0.05, 0) is 56.5 Å². The minimum atomic E-state index is -0.339. The topological polar surface area (TPSA) is 50.8 Å². The van der Waals surface area contributed by atoms with Crippen molar-refractivity contribution in [3.05, 3.63) is 36.4 Å². The third-order valence-electron chi connectivity index (χ3n) is 6.43. The molecule has 0 spiro atoms. The lowest BCUT2D eigenvalue weighted by molar-refractivity contribution is -0.145. The predicted molar refractivity (Wildman–Crippen MR) is 145 cm³/mol. The summed E-state index contributed by atoms with van der Waals surface area (Å²) in [4.78, 5) is 16.7. The van der Waals surface area contributed by atoms with Crippen molar-refractivity contribution in [3.63, 3.8) is 0 Å². The fraction of sp³-hybridized carbons (Fsp3) is 0.593. The first-order chi connectivity index (χ1) is 16.6. The van der Waals surface area contributed by atoms with Crippen LogP contribution in [0.1, 0.15) is 65.7 Å². The Kier molecular flexibility index (Phi) is 10.7. The number of carbonyl (C=O) groups excluding carboxylic acids is 1. The molecule has 3 rings (SSSR count). The van der Waals surface area contributed by atoms with Crippen LogP contribution in [0.15, 0.2) is 46.2 Å². The number of benzene rings is 1. The summed E-state index contributed by atoms with van der Waals surface area (Å²) in [6.07, 6.45) is 19.1. The van der Waals surface area contributed by atoms with Crippen molar-refractivity contribution in [2.45, 2.75) is 87.1 Å². The summed E-state index contributed by atoms with van der Waals surface area (Å²) in [6.45, 7) is 7.62. The SMILES string of the molecule is CCCCC1(CCCC)CN(C2C=CC=CC2)c2cc(SC)c(OCC(=O)OCC)cc2SN1. The second-order valence-electron chi connectivity index (χ2n) is 9.00. The Bertz CT molecular complexity index is 864. The van der Waals surface area contributed by atoms with Gasteiger partial charge >= 0.3 is 5.97 Å². The van der Waals surface area contributed by atoms with Crippen molar-refractivity contribution >= 4 is 35.4 Å². The highest BCUT2D eigenvalue weighted by Crippen LogP contribution is 2.44. The average Bonchev–Trinajstić information content (AvgIpc) is 3.02. The number of esters is 1. The van der Waals surface area contributed by atoms with E-state index in [9.17, 15) is 4.79 Å². The maximum absolute atomic E-state index is 11.9. The number of hydrogen-bond acceptors (Lipinski definition) is 7. The van der Waals surface area contributed by atoms with Gasteiger partial charge in [-0.25, -0.2) is 4.79 Å². The Hall–Kier alpha value is -1.57. The van der Waals surface area contributed by atoms with Crippen molar-refractivity contribution in [2.75, 3.05) is 30.9 Å². The van der Waals surface area contributed by atoms with Crippen LogP contribution in [-0.4, -0.2) is 43.6 Å². The summed E-state index contributed by atoms with van der Waals surface area (Å²) < 4.78 is 14.9. The lowest BCUT2D eigenvalue weighted by Crippen LogP contribution is -2.52. The monoisotopic (exact) mass is 504 g/mol. The molecule has 188 valence electrons. The van der Waals surface area contributed by atoms with Crippen molar-refractivity contribution in [1.29, 1.82) is 0 Å². The summed E-state index contributed by atoms with van der Waals surface area (Å²) >= 11 is 3.37. The van der Waals surface area contributed by atoms with Gasteiger partial charge in [0.1, 0.15) is 5.75 Å². The Balaban J connectivity index is 1.98. The Morgan fingerprint density at radius 1 is 1.21 bits per heavy atom. The largest absolute Gasteiger partial charge is 0.481 e. The second-order valence-corrected chi connectivity index (χ2v) is 10.7. The molecular formula is C27H40N2O3S2. The average molecular weight is 505 g/mol. The van der Waals surface area contributed by atoms with Crippen LogP contribution in [-0.2, 0) is 9.53 Å². The number of thioether (sulfide) groups is 1. The van der Waals surface area contributed by atoms with Crippen molar-refractivity contribution in [2.24, 2.45) is 0 Å². The highest BCUT2D eigenvalue weighted by atomic mass is 32.2. The molecule has 0 aromatic heterocycles. The van der Waals surface area contributed by atoms with E-state index >= 15 is 0 Å². The van der Waals surface area contributed by atoms with E-state index in [2.05, 4.69) is 66.2 Å². The zero-order chi connectivity index (χ0) is 24.4. The molecule has 1 aromatic rings. The quantitative estimate of drug-likeness (QED) is 0.191. The normalized spacial score (nSPS) is 18.9.